The molecule has 0 bridgehead atoms. The number of piperidine rings is 1. The number of benzene rings is 2. The molecule has 3 N–H and O–H groups in total. The van der Waals surface area contributed by atoms with Crippen molar-refractivity contribution < 1.29 is 15.0 Å². The lowest BCUT2D eigenvalue weighted by Crippen LogP contribution is -2.47. The van der Waals surface area contributed by atoms with Crippen molar-refractivity contribution in [1.29, 1.82) is 0 Å². The zero-order valence-corrected chi connectivity index (χ0v) is 18.4. The molecular formula is C22H22Cl2N4O3. The zero-order valence-electron chi connectivity index (χ0n) is 16.8. The smallest absolute Gasteiger partial charge is 0.286 e. The van der Waals surface area contributed by atoms with Crippen LogP contribution in [-0.2, 0) is 0 Å². The molecule has 1 aliphatic heterocycles. The number of aliphatic hydroxyl groups is 1. The minimum Gasteiger partial charge on any atom is -0.508 e. The van der Waals surface area contributed by atoms with Crippen LogP contribution in [0.15, 0.2) is 42.5 Å². The maximum atomic E-state index is 13.1. The largest absolute Gasteiger partial charge is 0.508 e. The van der Waals surface area contributed by atoms with Gasteiger partial charge in [0.25, 0.3) is 5.91 Å². The topological polar surface area (TPSA) is 90.6 Å². The van der Waals surface area contributed by atoms with Crippen molar-refractivity contribution in [1.82, 2.24) is 20.2 Å². The summed E-state index contributed by atoms with van der Waals surface area (Å²) in [5.41, 5.74) is 5.86. The summed E-state index contributed by atoms with van der Waals surface area (Å²) >= 11 is 12.5. The standard InChI is InChI=1S/C22H22Cl2N4O3/c1-13-20(22(31)26-27-10-8-17(30)9-11-27)25-28(19-7-4-15(23)12-18(19)24)21(13)14-2-5-16(29)6-3-14/h2-7,12,17,29-30H,8-11H2,1H3,(H,26,31). The van der Waals surface area contributed by atoms with Crippen molar-refractivity contribution >= 4 is 29.1 Å². The average Bonchev–Trinajstić information content (AvgIpc) is 3.07. The number of phenolic OH excluding ortho intramolecular Hbond substituents is 1. The first-order valence-electron chi connectivity index (χ1n) is 9.92. The van der Waals surface area contributed by atoms with Gasteiger partial charge in [0, 0.05) is 29.2 Å². The Morgan fingerprint density at radius 3 is 2.45 bits per heavy atom. The zero-order chi connectivity index (χ0) is 22.1. The highest BCUT2D eigenvalue weighted by molar-refractivity contribution is 6.35. The second kappa shape index (κ2) is 8.88. The van der Waals surface area contributed by atoms with Crippen LogP contribution < -0.4 is 5.43 Å². The summed E-state index contributed by atoms with van der Waals surface area (Å²) in [6, 6.07) is 11.7. The van der Waals surface area contributed by atoms with Crippen molar-refractivity contribution in [3.8, 4) is 22.7 Å². The Labute approximate surface area is 189 Å². The van der Waals surface area contributed by atoms with Gasteiger partial charge in [0.1, 0.15) is 5.75 Å². The van der Waals surface area contributed by atoms with Gasteiger partial charge in [-0.1, -0.05) is 23.2 Å². The monoisotopic (exact) mass is 460 g/mol. The van der Waals surface area contributed by atoms with Crippen LogP contribution in [0.1, 0.15) is 28.9 Å². The number of aliphatic hydroxyl groups excluding tert-OH is 1. The Hall–Kier alpha value is -2.58. The van der Waals surface area contributed by atoms with E-state index in [-0.39, 0.29) is 23.5 Å². The van der Waals surface area contributed by atoms with Gasteiger partial charge in [-0.25, -0.2) is 9.69 Å². The molecule has 0 spiro atoms. The summed E-state index contributed by atoms with van der Waals surface area (Å²) in [7, 11) is 0. The predicted octanol–water partition coefficient (Wildman–Crippen LogP) is 3.96. The van der Waals surface area contributed by atoms with Gasteiger partial charge < -0.3 is 10.2 Å². The van der Waals surface area contributed by atoms with Gasteiger partial charge in [0.05, 0.1) is 22.5 Å². The van der Waals surface area contributed by atoms with E-state index in [0.29, 0.717) is 52.9 Å². The van der Waals surface area contributed by atoms with E-state index >= 15 is 0 Å². The molecule has 3 aromatic rings. The molecule has 1 aromatic heterocycles. The number of rotatable bonds is 4. The molecule has 0 aliphatic carbocycles. The van der Waals surface area contributed by atoms with Crippen molar-refractivity contribution in [2.75, 3.05) is 13.1 Å². The number of nitrogens with one attached hydrogen (secondary N) is 1. The van der Waals surface area contributed by atoms with Gasteiger partial charge in [-0.3, -0.25) is 10.2 Å². The summed E-state index contributed by atoms with van der Waals surface area (Å²) in [4.78, 5) is 13.1. The lowest BCUT2D eigenvalue weighted by Gasteiger charge is -2.29. The lowest BCUT2D eigenvalue weighted by atomic mass is 10.1. The van der Waals surface area contributed by atoms with E-state index in [4.69, 9.17) is 23.2 Å². The number of hydrazine groups is 1. The fourth-order valence-corrected chi connectivity index (χ4v) is 4.16. The van der Waals surface area contributed by atoms with Gasteiger partial charge in [0.15, 0.2) is 5.69 Å². The lowest BCUT2D eigenvalue weighted by molar-refractivity contribution is 0.0463. The average molecular weight is 461 g/mol. The highest BCUT2D eigenvalue weighted by Crippen LogP contribution is 2.33. The highest BCUT2D eigenvalue weighted by Gasteiger charge is 2.25. The molecule has 9 heteroatoms. The molecule has 1 saturated heterocycles. The van der Waals surface area contributed by atoms with Crippen LogP contribution in [0.2, 0.25) is 10.0 Å². The number of carbonyl (C=O) groups is 1. The minimum atomic E-state index is -0.335. The van der Waals surface area contributed by atoms with E-state index in [0.717, 1.165) is 5.56 Å². The van der Waals surface area contributed by atoms with E-state index in [1.165, 1.54) is 0 Å². The summed E-state index contributed by atoms with van der Waals surface area (Å²) < 4.78 is 1.62. The Kier molecular flexibility index (Phi) is 6.20. The molecule has 1 amide bonds. The molecule has 1 aliphatic rings. The van der Waals surface area contributed by atoms with Crippen molar-refractivity contribution in [2.45, 2.75) is 25.9 Å². The van der Waals surface area contributed by atoms with Crippen LogP contribution in [0.3, 0.4) is 0 Å². The maximum absolute atomic E-state index is 13.1. The van der Waals surface area contributed by atoms with Crippen LogP contribution in [-0.4, -0.2) is 50.1 Å². The van der Waals surface area contributed by atoms with E-state index in [1.807, 2.05) is 6.92 Å². The molecule has 2 aromatic carbocycles. The first-order valence-corrected chi connectivity index (χ1v) is 10.7. The molecular weight excluding hydrogens is 439 g/mol. The van der Waals surface area contributed by atoms with Gasteiger partial charge in [-0.2, -0.15) is 5.10 Å². The molecule has 7 nitrogen and oxygen atoms in total. The van der Waals surface area contributed by atoms with Gasteiger partial charge in [0.2, 0.25) is 0 Å². The molecule has 1 fully saturated rings. The van der Waals surface area contributed by atoms with E-state index in [9.17, 15) is 15.0 Å². The molecule has 4 rings (SSSR count). The number of carbonyl (C=O) groups excluding carboxylic acids is 1. The predicted molar refractivity (Wildman–Crippen MR) is 120 cm³/mol. The molecule has 0 atom stereocenters. The number of hydrogen-bond acceptors (Lipinski definition) is 5. The number of hydrogen-bond donors (Lipinski definition) is 3. The first kappa shape index (κ1) is 21.6. The Balaban J connectivity index is 1.76. The van der Waals surface area contributed by atoms with Crippen molar-refractivity contribution in [3.05, 3.63) is 63.8 Å². The van der Waals surface area contributed by atoms with Crippen LogP contribution in [0.5, 0.6) is 5.75 Å². The minimum absolute atomic E-state index is 0.141. The number of aromatic nitrogens is 2. The van der Waals surface area contributed by atoms with Gasteiger partial charge in [-0.15, -0.1) is 0 Å². The number of aromatic hydroxyl groups is 1. The van der Waals surface area contributed by atoms with Gasteiger partial charge >= 0.3 is 0 Å². The summed E-state index contributed by atoms with van der Waals surface area (Å²) in [5.74, 6) is -0.194. The SMILES string of the molecule is Cc1c(C(=O)NN2CCC(O)CC2)nn(-c2ccc(Cl)cc2Cl)c1-c1ccc(O)cc1. The van der Waals surface area contributed by atoms with Crippen LogP contribution >= 0.6 is 23.2 Å². The second-order valence-corrected chi connectivity index (χ2v) is 8.38. The van der Waals surface area contributed by atoms with Crippen LogP contribution in [0.4, 0.5) is 0 Å². The van der Waals surface area contributed by atoms with E-state index in [1.54, 1.807) is 52.2 Å². The summed E-state index contributed by atoms with van der Waals surface area (Å²) in [6.45, 7) is 2.96. The summed E-state index contributed by atoms with van der Waals surface area (Å²) in [6.07, 6.45) is 0.877. The number of amides is 1. The van der Waals surface area contributed by atoms with Crippen molar-refractivity contribution in [2.24, 2.45) is 0 Å². The third-order valence-corrected chi connectivity index (χ3v) is 5.88. The quantitative estimate of drug-likeness (QED) is 0.547. The third kappa shape index (κ3) is 4.55. The third-order valence-electron chi connectivity index (χ3n) is 5.34. The number of phenols is 1. The first-order chi connectivity index (χ1) is 14.8. The second-order valence-electron chi connectivity index (χ2n) is 7.54. The molecule has 0 unspecified atom stereocenters. The Morgan fingerprint density at radius 2 is 1.81 bits per heavy atom. The highest BCUT2D eigenvalue weighted by atomic mass is 35.5. The molecule has 0 saturated carbocycles. The summed E-state index contributed by atoms with van der Waals surface area (Å²) in [5, 5.41) is 26.6. The van der Waals surface area contributed by atoms with Crippen LogP contribution in [0, 0.1) is 6.92 Å². The molecule has 2 heterocycles. The number of halogens is 2. The molecule has 31 heavy (non-hydrogen) atoms. The van der Waals surface area contributed by atoms with E-state index < -0.39 is 0 Å². The molecule has 0 radical (unpaired) electrons. The number of nitrogens with zero attached hydrogens (tertiary/aromatic N) is 3. The fraction of sp³-hybridized carbons (Fsp3) is 0.273. The van der Waals surface area contributed by atoms with E-state index in [2.05, 4.69) is 10.5 Å². The van der Waals surface area contributed by atoms with Crippen molar-refractivity contribution in [3.63, 3.8) is 0 Å². The Bertz CT molecular complexity index is 1110. The maximum Gasteiger partial charge on any atom is 0.286 e. The van der Waals surface area contributed by atoms with Crippen LogP contribution in [0.25, 0.3) is 16.9 Å². The normalized spacial score (nSPS) is 15.2. The fourth-order valence-electron chi connectivity index (χ4n) is 3.67. The molecule has 162 valence electrons. The Morgan fingerprint density at radius 1 is 1.13 bits per heavy atom. The van der Waals surface area contributed by atoms with Gasteiger partial charge in [-0.05, 0) is 62.2 Å².